The van der Waals surface area contributed by atoms with Crippen LogP contribution in [-0.4, -0.2) is 6.03 Å². The summed E-state index contributed by atoms with van der Waals surface area (Å²) in [4.78, 5) is 10.6. The molecule has 0 aliphatic rings. The molecular formula is C7H4Cl4N2O. The van der Waals surface area contributed by atoms with Gasteiger partial charge in [0.2, 0.25) is 0 Å². The van der Waals surface area contributed by atoms with Crippen LogP contribution in [0.25, 0.3) is 0 Å². The molecule has 3 nitrogen and oxygen atoms in total. The van der Waals surface area contributed by atoms with Gasteiger partial charge in [-0.2, -0.15) is 0 Å². The van der Waals surface area contributed by atoms with Crippen molar-refractivity contribution in [3.63, 3.8) is 0 Å². The van der Waals surface area contributed by atoms with Crippen LogP contribution in [0.5, 0.6) is 0 Å². The number of anilines is 1. The predicted octanol–water partition coefficient (Wildman–Crippen LogP) is 3.79. The zero-order valence-electron chi connectivity index (χ0n) is 6.57. The van der Waals surface area contributed by atoms with Gasteiger partial charge in [0.1, 0.15) is 0 Å². The van der Waals surface area contributed by atoms with Crippen molar-refractivity contribution in [2.75, 3.05) is 5.32 Å². The Hall–Kier alpha value is -0.350. The molecule has 0 fully saturated rings. The highest BCUT2D eigenvalue weighted by atomic mass is 35.5. The monoisotopic (exact) mass is 272 g/mol. The second-order valence-electron chi connectivity index (χ2n) is 2.34. The standard InChI is InChI=1S/C7H4Cl4N2O/c8-2-1-3(13-7(12)14)5(10)6(11)4(2)9/h1H,(H3,12,13,14). The second-order valence-corrected chi connectivity index (χ2v) is 3.88. The summed E-state index contributed by atoms with van der Waals surface area (Å²) >= 11 is 22.9. The molecule has 1 rings (SSSR count). The van der Waals surface area contributed by atoms with Crippen molar-refractivity contribution in [3.05, 3.63) is 26.2 Å². The maximum absolute atomic E-state index is 10.6. The third kappa shape index (κ3) is 2.36. The highest BCUT2D eigenvalue weighted by Gasteiger charge is 2.13. The molecule has 0 bridgehead atoms. The summed E-state index contributed by atoms with van der Waals surface area (Å²) in [5.41, 5.74) is 5.12. The molecule has 0 atom stereocenters. The van der Waals surface area contributed by atoms with Crippen LogP contribution >= 0.6 is 46.4 Å². The molecule has 1 aromatic rings. The highest BCUT2D eigenvalue weighted by molar-refractivity contribution is 6.52. The van der Waals surface area contributed by atoms with Gasteiger partial charge in [0, 0.05) is 0 Å². The van der Waals surface area contributed by atoms with Gasteiger partial charge in [-0.15, -0.1) is 0 Å². The number of nitrogens with two attached hydrogens (primary N) is 1. The molecule has 0 heterocycles. The number of benzene rings is 1. The van der Waals surface area contributed by atoms with Gasteiger partial charge in [-0.1, -0.05) is 46.4 Å². The SMILES string of the molecule is NC(=O)Nc1cc(Cl)c(Cl)c(Cl)c1Cl. The molecule has 0 aliphatic heterocycles. The fraction of sp³-hybridized carbons (Fsp3) is 0. The fourth-order valence-corrected chi connectivity index (χ4v) is 1.65. The predicted molar refractivity (Wildman–Crippen MR) is 59.7 cm³/mol. The largest absolute Gasteiger partial charge is 0.351 e. The minimum absolute atomic E-state index is 0.0737. The number of carbonyl (C=O) groups excluding carboxylic acids is 1. The number of carbonyl (C=O) groups is 1. The number of nitrogens with one attached hydrogen (secondary N) is 1. The van der Waals surface area contributed by atoms with E-state index in [-0.39, 0.29) is 25.8 Å². The van der Waals surface area contributed by atoms with Gasteiger partial charge >= 0.3 is 6.03 Å². The first kappa shape index (κ1) is 11.7. The molecular weight excluding hydrogens is 270 g/mol. The van der Waals surface area contributed by atoms with E-state index in [1.165, 1.54) is 6.07 Å². The van der Waals surface area contributed by atoms with E-state index in [0.717, 1.165) is 0 Å². The van der Waals surface area contributed by atoms with E-state index in [9.17, 15) is 4.79 Å². The van der Waals surface area contributed by atoms with Gasteiger partial charge in [-0.3, -0.25) is 0 Å². The minimum Gasteiger partial charge on any atom is -0.351 e. The molecule has 0 radical (unpaired) electrons. The number of hydrogen-bond acceptors (Lipinski definition) is 1. The van der Waals surface area contributed by atoms with Crippen molar-refractivity contribution < 1.29 is 4.79 Å². The number of halogens is 4. The Balaban J connectivity index is 3.25. The van der Waals surface area contributed by atoms with Crippen molar-refractivity contribution in [3.8, 4) is 0 Å². The summed E-state index contributed by atoms with van der Waals surface area (Å²) in [5, 5.41) is 2.75. The normalized spacial score (nSPS) is 10.0. The molecule has 0 spiro atoms. The molecule has 14 heavy (non-hydrogen) atoms. The van der Waals surface area contributed by atoms with Crippen LogP contribution in [-0.2, 0) is 0 Å². The van der Waals surface area contributed by atoms with E-state index in [1.807, 2.05) is 0 Å². The minimum atomic E-state index is -0.763. The molecule has 0 unspecified atom stereocenters. The van der Waals surface area contributed by atoms with Gasteiger partial charge in [0.15, 0.2) is 0 Å². The first-order valence-corrected chi connectivity index (χ1v) is 4.84. The Morgan fingerprint density at radius 1 is 1.14 bits per heavy atom. The third-order valence-electron chi connectivity index (χ3n) is 1.36. The lowest BCUT2D eigenvalue weighted by atomic mass is 10.3. The van der Waals surface area contributed by atoms with E-state index in [0.29, 0.717) is 0 Å². The van der Waals surface area contributed by atoms with E-state index in [2.05, 4.69) is 5.32 Å². The number of amides is 2. The van der Waals surface area contributed by atoms with Crippen LogP contribution in [0.4, 0.5) is 10.5 Å². The van der Waals surface area contributed by atoms with Gasteiger partial charge in [-0.25, -0.2) is 4.79 Å². The third-order valence-corrected chi connectivity index (χ3v) is 3.11. The summed E-state index contributed by atoms with van der Waals surface area (Å²) in [5.74, 6) is 0. The molecule has 3 N–H and O–H groups in total. The average Bonchev–Trinajstić information content (AvgIpc) is 2.10. The average molecular weight is 274 g/mol. The van der Waals surface area contributed by atoms with Gasteiger partial charge < -0.3 is 11.1 Å². The lowest BCUT2D eigenvalue weighted by molar-refractivity contribution is 0.259. The summed E-state index contributed by atoms with van der Waals surface area (Å²) in [6.45, 7) is 0. The summed E-state index contributed by atoms with van der Waals surface area (Å²) in [6, 6.07) is 0.601. The Morgan fingerprint density at radius 2 is 1.71 bits per heavy atom. The maximum Gasteiger partial charge on any atom is 0.316 e. The van der Waals surface area contributed by atoms with Crippen LogP contribution in [0.2, 0.25) is 20.1 Å². The molecule has 1 aromatic carbocycles. The summed E-state index contributed by atoms with van der Waals surface area (Å²) in [6.07, 6.45) is 0. The van der Waals surface area contributed by atoms with Crippen molar-refractivity contribution in [2.24, 2.45) is 5.73 Å². The lowest BCUT2D eigenvalue weighted by Crippen LogP contribution is -2.19. The van der Waals surface area contributed by atoms with Gasteiger partial charge in [0.25, 0.3) is 0 Å². The Morgan fingerprint density at radius 3 is 2.21 bits per heavy atom. The van der Waals surface area contributed by atoms with Crippen LogP contribution in [0.3, 0.4) is 0 Å². The number of urea groups is 1. The van der Waals surface area contributed by atoms with Crippen LogP contribution in [0.15, 0.2) is 6.07 Å². The van der Waals surface area contributed by atoms with Crippen molar-refractivity contribution in [1.29, 1.82) is 0 Å². The Labute approximate surface area is 100 Å². The number of hydrogen-bond donors (Lipinski definition) is 2. The fourth-order valence-electron chi connectivity index (χ4n) is 0.797. The molecule has 0 saturated heterocycles. The van der Waals surface area contributed by atoms with Gasteiger partial charge in [0.05, 0.1) is 25.8 Å². The zero-order valence-corrected chi connectivity index (χ0v) is 9.60. The molecule has 0 saturated carbocycles. The maximum atomic E-state index is 10.6. The molecule has 0 aliphatic carbocycles. The van der Waals surface area contributed by atoms with Crippen LogP contribution < -0.4 is 11.1 Å². The lowest BCUT2D eigenvalue weighted by Gasteiger charge is -2.08. The van der Waals surface area contributed by atoms with E-state index >= 15 is 0 Å². The van der Waals surface area contributed by atoms with E-state index in [1.54, 1.807) is 0 Å². The van der Waals surface area contributed by atoms with Crippen molar-refractivity contribution >= 4 is 58.1 Å². The zero-order chi connectivity index (χ0) is 10.9. The van der Waals surface area contributed by atoms with E-state index in [4.69, 9.17) is 52.1 Å². The molecule has 76 valence electrons. The molecule has 7 heteroatoms. The summed E-state index contributed by atoms with van der Waals surface area (Å²) < 4.78 is 0. The smallest absolute Gasteiger partial charge is 0.316 e. The van der Waals surface area contributed by atoms with Crippen molar-refractivity contribution in [1.82, 2.24) is 0 Å². The highest BCUT2D eigenvalue weighted by Crippen LogP contribution is 2.40. The first-order valence-electron chi connectivity index (χ1n) is 3.33. The second kappa shape index (κ2) is 4.45. The quantitative estimate of drug-likeness (QED) is 0.594. The van der Waals surface area contributed by atoms with E-state index < -0.39 is 6.03 Å². The first-order chi connectivity index (χ1) is 6.43. The number of rotatable bonds is 1. The molecule has 0 aromatic heterocycles. The Kier molecular flexibility index (Phi) is 3.72. The Bertz CT molecular complexity index is 394. The summed E-state index contributed by atoms with van der Waals surface area (Å²) in [7, 11) is 0. The van der Waals surface area contributed by atoms with Crippen LogP contribution in [0.1, 0.15) is 0 Å². The van der Waals surface area contributed by atoms with Crippen molar-refractivity contribution in [2.45, 2.75) is 0 Å². The van der Waals surface area contributed by atoms with Gasteiger partial charge in [-0.05, 0) is 6.07 Å². The number of primary amides is 1. The molecule has 2 amide bonds. The van der Waals surface area contributed by atoms with Crippen LogP contribution in [0, 0.1) is 0 Å². The topological polar surface area (TPSA) is 55.1 Å².